The van der Waals surface area contributed by atoms with Gasteiger partial charge in [-0.15, -0.1) is 0 Å². The molecular formula is C14H12ClN5O3. The van der Waals surface area contributed by atoms with Gasteiger partial charge in [-0.3, -0.25) is 20.0 Å². The fourth-order valence-corrected chi connectivity index (χ4v) is 1.84. The molecule has 2 aromatic rings. The Morgan fingerprint density at radius 3 is 2.91 bits per heavy atom. The lowest BCUT2D eigenvalue weighted by atomic mass is 10.2. The highest BCUT2D eigenvalue weighted by Crippen LogP contribution is 2.25. The Morgan fingerprint density at radius 2 is 2.26 bits per heavy atom. The number of H-pyrrole nitrogens is 1. The molecule has 0 aliphatic rings. The average molecular weight is 334 g/mol. The van der Waals surface area contributed by atoms with Gasteiger partial charge in [-0.1, -0.05) is 23.7 Å². The van der Waals surface area contributed by atoms with Gasteiger partial charge in [-0.05, 0) is 30.7 Å². The van der Waals surface area contributed by atoms with Crippen LogP contribution in [0.5, 0.6) is 0 Å². The van der Waals surface area contributed by atoms with E-state index in [1.165, 1.54) is 24.4 Å². The molecule has 0 saturated heterocycles. The molecule has 1 heterocycles. The summed E-state index contributed by atoms with van der Waals surface area (Å²) in [4.78, 5) is 21.8. The quantitative estimate of drug-likeness (QED) is 0.497. The fraction of sp³-hybridized carbons (Fsp3) is 0.0714. The summed E-state index contributed by atoms with van der Waals surface area (Å²) in [5.74, 6) is -0.443. The van der Waals surface area contributed by atoms with Crippen molar-refractivity contribution in [2.75, 3.05) is 0 Å². The molecule has 0 aliphatic carbocycles. The maximum atomic E-state index is 11.6. The highest BCUT2D eigenvalue weighted by Gasteiger charge is 2.11. The number of aromatic nitrogens is 2. The molecule has 0 saturated carbocycles. The fourth-order valence-electron chi connectivity index (χ4n) is 1.66. The van der Waals surface area contributed by atoms with Crippen LogP contribution >= 0.6 is 11.6 Å². The number of nitro benzene ring substituents is 1. The van der Waals surface area contributed by atoms with E-state index in [1.54, 1.807) is 25.1 Å². The summed E-state index contributed by atoms with van der Waals surface area (Å²) in [5.41, 5.74) is 3.72. The lowest BCUT2D eigenvalue weighted by Gasteiger charge is -1.96. The van der Waals surface area contributed by atoms with Crippen LogP contribution in [0.3, 0.4) is 0 Å². The maximum Gasteiger partial charge on any atom is 0.291 e. The number of halogens is 1. The third kappa shape index (κ3) is 4.48. The van der Waals surface area contributed by atoms with Crippen molar-refractivity contribution in [2.24, 2.45) is 5.10 Å². The zero-order chi connectivity index (χ0) is 16.8. The number of nitrogens with one attached hydrogen (secondary N) is 2. The van der Waals surface area contributed by atoms with Crippen LogP contribution in [0.1, 0.15) is 21.7 Å². The van der Waals surface area contributed by atoms with Crippen LogP contribution in [0.4, 0.5) is 5.69 Å². The molecule has 0 radical (unpaired) electrons. The number of nitrogens with zero attached hydrogens (tertiary/aromatic N) is 3. The van der Waals surface area contributed by atoms with Crippen LogP contribution in [-0.4, -0.2) is 27.2 Å². The first-order valence-corrected chi connectivity index (χ1v) is 6.81. The molecule has 2 rings (SSSR count). The first-order chi connectivity index (χ1) is 11.0. The average Bonchev–Trinajstić information content (AvgIpc) is 2.94. The third-order valence-corrected chi connectivity index (χ3v) is 3.04. The van der Waals surface area contributed by atoms with E-state index in [9.17, 15) is 14.9 Å². The Kier molecular flexibility index (Phi) is 5.21. The predicted molar refractivity (Wildman–Crippen MR) is 86.4 cm³/mol. The zero-order valence-corrected chi connectivity index (χ0v) is 12.7. The molecule has 0 unspecified atom stereocenters. The minimum absolute atomic E-state index is 0.0716. The van der Waals surface area contributed by atoms with Gasteiger partial charge in [0.1, 0.15) is 5.02 Å². The van der Waals surface area contributed by atoms with Crippen LogP contribution < -0.4 is 5.43 Å². The highest BCUT2D eigenvalue weighted by molar-refractivity contribution is 6.32. The number of nitro groups is 1. The van der Waals surface area contributed by atoms with E-state index < -0.39 is 10.8 Å². The van der Waals surface area contributed by atoms with Gasteiger partial charge in [0, 0.05) is 18.0 Å². The van der Waals surface area contributed by atoms with E-state index in [4.69, 9.17) is 11.6 Å². The lowest BCUT2D eigenvalue weighted by Crippen LogP contribution is -2.17. The minimum Gasteiger partial charge on any atom is -0.282 e. The van der Waals surface area contributed by atoms with E-state index in [2.05, 4.69) is 20.7 Å². The van der Waals surface area contributed by atoms with Crippen LogP contribution in [0.2, 0.25) is 5.02 Å². The van der Waals surface area contributed by atoms with Crippen molar-refractivity contribution in [2.45, 2.75) is 6.92 Å². The van der Waals surface area contributed by atoms with Crippen molar-refractivity contribution in [1.29, 1.82) is 0 Å². The van der Waals surface area contributed by atoms with Gasteiger partial charge in [-0.25, -0.2) is 5.43 Å². The van der Waals surface area contributed by atoms with Crippen molar-refractivity contribution >= 4 is 35.5 Å². The normalized spacial score (nSPS) is 11.2. The number of benzene rings is 1. The van der Waals surface area contributed by atoms with Crippen molar-refractivity contribution in [3.8, 4) is 0 Å². The smallest absolute Gasteiger partial charge is 0.282 e. The predicted octanol–water partition coefficient (Wildman–Crippen LogP) is 2.71. The minimum atomic E-state index is -0.556. The summed E-state index contributed by atoms with van der Waals surface area (Å²) in [6.07, 6.45) is 4.47. The number of carbonyl (C=O) groups is 1. The summed E-state index contributed by atoms with van der Waals surface area (Å²) in [6.45, 7) is 1.78. The molecule has 2 N–H and O–H groups in total. The SMILES string of the molecule is Cc1cc(C(=O)NN=CC=Cc2ccc(Cl)c([N+](=O)[O-])c2)n[nH]1. The Bertz CT molecular complexity index is 797. The molecule has 23 heavy (non-hydrogen) atoms. The Labute approximate surface area is 136 Å². The van der Waals surface area contributed by atoms with Crippen LogP contribution in [-0.2, 0) is 0 Å². The number of hydrazone groups is 1. The van der Waals surface area contributed by atoms with Crippen molar-refractivity contribution in [1.82, 2.24) is 15.6 Å². The second-order valence-corrected chi connectivity index (χ2v) is 4.89. The van der Waals surface area contributed by atoms with E-state index >= 15 is 0 Å². The first-order valence-electron chi connectivity index (χ1n) is 6.43. The number of amides is 1. The van der Waals surface area contributed by atoms with Crippen LogP contribution in [0.25, 0.3) is 6.08 Å². The van der Waals surface area contributed by atoms with Gasteiger partial charge < -0.3 is 0 Å². The molecule has 9 heteroatoms. The molecule has 8 nitrogen and oxygen atoms in total. The zero-order valence-electron chi connectivity index (χ0n) is 12.0. The summed E-state index contributed by atoms with van der Waals surface area (Å²) in [7, 11) is 0. The second-order valence-electron chi connectivity index (χ2n) is 4.48. The summed E-state index contributed by atoms with van der Waals surface area (Å²) in [5, 5.41) is 21.0. The van der Waals surface area contributed by atoms with Gasteiger partial charge in [-0.2, -0.15) is 10.2 Å². The molecule has 0 fully saturated rings. The van der Waals surface area contributed by atoms with Gasteiger partial charge in [0.15, 0.2) is 5.69 Å². The first kappa shape index (κ1) is 16.4. The molecular weight excluding hydrogens is 322 g/mol. The van der Waals surface area contributed by atoms with Crippen LogP contribution in [0, 0.1) is 17.0 Å². The molecule has 0 spiro atoms. The van der Waals surface area contributed by atoms with Crippen molar-refractivity contribution < 1.29 is 9.72 Å². The number of aryl methyl sites for hydroxylation is 1. The third-order valence-electron chi connectivity index (χ3n) is 2.72. The van der Waals surface area contributed by atoms with Gasteiger partial charge >= 0.3 is 0 Å². The molecule has 118 valence electrons. The number of hydrogen-bond donors (Lipinski definition) is 2. The van der Waals surface area contributed by atoms with E-state index in [0.717, 1.165) is 5.69 Å². The van der Waals surface area contributed by atoms with Gasteiger partial charge in [0.2, 0.25) is 0 Å². The topological polar surface area (TPSA) is 113 Å². The molecule has 1 amide bonds. The van der Waals surface area contributed by atoms with Crippen LogP contribution in [0.15, 0.2) is 35.4 Å². The van der Waals surface area contributed by atoms with Crippen molar-refractivity contribution in [3.63, 3.8) is 0 Å². The molecule has 0 atom stereocenters. The number of allylic oxidation sites excluding steroid dienone is 1. The molecule has 0 aliphatic heterocycles. The monoisotopic (exact) mass is 333 g/mol. The van der Waals surface area contributed by atoms with E-state index in [-0.39, 0.29) is 16.4 Å². The lowest BCUT2D eigenvalue weighted by molar-refractivity contribution is -0.384. The Hall–Kier alpha value is -3.00. The second kappa shape index (κ2) is 7.32. The Balaban J connectivity index is 1.95. The Morgan fingerprint density at radius 1 is 1.48 bits per heavy atom. The largest absolute Gasteiger partial charge is 0.291 e. The van der Waals surface area contributed by atoms with E-state index in [1.807, 2.05) is 0 Å². The summed E-state index contributed by atoms with van der Waals surface area (Å²) < 4.78 is 0. The maximum absolute atomic E-state index is 11.6. The summed E-state index contributed by atoms with van der Waals surface area (Å²) in [6, 6.07) is 6.01. The molecule has 0 bridgehead atoms. The number of rotatable bonds is 5. The number of carbonyl (C=O) groups excluding carboxylic acids is 1. The summed E-state index contributed by atoms with van der Waals surface area (Å²) >= 11 is 5.72. The standard InChI is InChI=1S/C14H12ClN5O3/c1-9-7-12(18-17-9)14(21)19-16-6-2-3-10-4-5-11(15)13(8-10)20(22)23/h2-8H,1H3,(H,17,18)(H,19,21). The van der Waals surface area contributed by atoms with Gasteiger partial charge in [0.25, 0.3) is 11.6 Å². The molecule has 1 aromatic heterocycles. The highest BCUT2D eigenvalue weighted by atomic mass is 35.5. The van der Waals surface area contributed by atoms with E-state index in [0.29, 0.717) is 5.56 Å². The van der Waals surface area contributed by atoms with Gasteiger partial charge in [0.05, 0.1) is 4.92 Å². The number of hydrogen-bond acceptors (Lipinski definition) is 5. The van der Waals surface area contributed by atoms with Crippen molar-refractivity contribution in [3.05, 3.63) is 62.4 Å². The number of aromatic amines is 1. The molecule has 1 aromatic carbocycles.